The van der Waals surface area contributed by atoms with Crippen LogP contribution in [0, 0.1) is 0 Å². The molecule has 5 heteroatoms. The van der Waals surface area contributed by atoms with E-state index in [-0.39, 0.29) is 0 Å². The van der Waals surface area contributed by atoms with Gasteiger partial charge in [-0.2, -0.15) is 0 Å². The lowest BCUT2D eigenvalue weighted by atomic mass is 10.0. The van der Waals surface area contributed by atoms with Crippen LogP contribution < -0.4 is 5.32 Å². The van der Waals surface area contributed by atoms with Crippen molar-refractivity contribution in [2.75, 3.05) is 27.2 Å². The maximum Gasteiger partial charge on any atom is 0.325 e. The van der Waals surface area contributed by atoms with Crippen LogP contribution in [-0.4, -0.2) is 48.1 Å². The van der Waals surface area contributed by atoms with Crippen LogP contribution in [0.3, 0.4) is 0 Å². The molecule has 0 bridgehead atoms. The monoisotopic (exact) mass is 273 g/mol. The Labute approximate surface area is 118 Å². The van der Waals surface area contributed by atoms with Crippen molar-refractivity contribution in [2.24, 2.45) is 0 Å². The number of carbonyl (C=O) groups is 1. The van der Waals surface area contributed by atoms with Gasteiger partial charge in [-0.1, -0.05) is 12.1 Å². The van der Waals surface area contributed by atoms with E-state index < -0.39 is 12.0 Å². The van der Waals surface area contributed by atoms with Crippen molar-refractivity contribution in [2.45, 2.75) is 6.04 Å². The Morgan fingerprint density at radius 1 is 1.40 bits per heavy atom. The van der Waals surface area contributed by atoms with Crippen molar-refractivity contribution in [1.29, 1.82) is 0 Å². The number of carboxylic acids is 1. The number of aliphatic carboxylic acids is 1. The third-order valence-corrected chi connectivity index (χ3v) is 3.11. The van der Waals surface area contributed by atoms with E-state index in [2.05, 4.69) is 10.3 Å². The van der Waals surface area contributed by atoms with Gasteiger partial charge in [-0.05, 0) is 37.9 Å². The molecule has 2 aromatic rings. The average Bonchev–Trinajstić information content (AvgIpc) is 2.42. The molecule has 106 valence electrons. The Morgan fingerprint density at radius 3 is 2.90 bits per heavy atom. The molecule has 1 heterocycles. The number of nitrogens with one attached hydrogen (secondary N) is 1. The van der Waals surface area contributed by atoms with Gasteiger partial charge in [-0.3, -0.25) is 15.1 Å². The summed E-state index contributed by atoms with van der Waals surface area (Å²) in [6.07, 6.45) is 1.73. The van der Waals surface area contributed by atoms with E-state index in [4.69, 9.17) is 0 Å². The summed E-state index contributed by atoms with van der Waals surface area (Å²) in [5, 5.41) is 13.4. The zero-order valence-electron chi connectivity index (χ0n) is 11.7. The van der Waals surface area contributed by atoms with Gasteiger partial charge in [0.05, 0.1) is 5.52 Å². The molecule has 1 aromatic heterocycles. The highest BCUT2D eigenvalue weighted by Gasteiger charge is 2.19. The van der Waals surface area contributed by atoms with E-state index in [0.717, 1.165) is 23.0 Å². The lowest BCUT2D eigenvalue weighted by Gasteiger charge is -2.17. The van der Waals surface area contributed by atoms with Crippen LogP contribution in [-0.2, 0) is 4.79 Å². The first-order chi connectivity index (χ1) is 9.58. The molecule has 0 aliphatic heterocycles. The summed E-state index contributed by atoms with van der Waals surface area (Å²) in [5.41, 5.74) is 1.62. The first-order valence-electron chi connectivity index (χ1n) is 6.53. The highest BCUT2D eigenvalue weighted by Crippen LogP contribution is 2.19. The first-order valence-corrected chi connectivity index (χ1v) is 6.53. The molecule has 0 amide bonds. The zero-order chi connectivity index (χ0) is 14.5. The highest BCUT2D eigenvalue weighted by molar-refractivity contribution is 5.82. The number of carboxylic acid groups (broad SMARTS) is 1. The van der Waals surface area contributed by atoms with E-state index in [1.54, 1.807) is 6.20 Å². The fourth-order valence-corrected chi connectivity index (χ4v) is 2.05. The van der Waals surface area contributed by atoms with Crippen LogP contribution in [0.5, 0.6) is 0 Å². The summed E-state index contributed by atoms with van der Waals surface area (Å²) in [6, 6.07) is 8.64. The standard InChI is InChI=1S/C15H19N3O2/c1-18(2)9-8-17-14(15(19)20)12-5-6-13-11(10-12)4-3-7-16-13/h3-7,10,14,17H,8-9H2,1-2H3,(H,19,20). The molecule has 0 radical (unpaired) electrons. The number of likely N-dealkylation sites (N-methyl/N-ethyl adjacent to an activating group) is 1. The third kappa shape index (κ3) is 3.53. The molecule has 1 unspecified atom stereocenters. The van der Waals surface area contributed by atoms with E-state index in [1.165, 1.54) is 0 Å². The van der Waals surface area contributed by atoms with Crippen molar-refractivity contribution in [3.05, 3.63) is 42.1 Å². The molecule has 0 spiro atoms. The lowest BCUT2D eigenvalue weighted by molar-refractivity contribution is -0.139. The molecular formula is C15H19N3O2. The Bertz CT molecular complexity index is 598. The molecular weight excluding hydrogens is 254 g/mol. The summed E-state index contributed by atoms with van der Waals surface area (Å²) in [4.78, 5) is 17.7. The minimum atomic E-state index is -0.869. The molecule has 20 heavy (non-hydrogen) atoms. The average molecular weight is 273 g/mol. The van der Waals surface area contributed by atoms with Gasteiger partial charge in [-0.25, -0.2) is 0 Å². The second kappa shape index (κ2) is 6.45. The molecule has 0 aliphatic carbocycles. The molecule has 0 saturated carbocycles. The van der Waals surface area contributed by atoms with Crippen LogP contribution in [0.4, 0.5) is 0 Å². The summed E-state index contributed by atoms with van der Waals surface area (Å²) in [7, 11) is 3.91. The fraction of sp³-hybridized carbons (Fsp3) is 0.333. The van der Waals surface area contributed by atoms with Gasteiger partial charge in [-0.15, -0.1) is 0 Å². The quantitative estimate of drug-likeness (QED) is 0.835. The number of pyridine rings is 1. The van der Waals surface area contributed by atoms with Crippen LogP contribution in [0.1, 0.15) is 11.6 Å². The SMILES string of the molecule is CN(C)CCNC(C(=O)O)c1ccc2ncccc2c1. The van der Waals surface area contributed by atoms with Gasteiger partial charge in [0.15, 0.2) is 0 Å². The van der Waals surface area contributed by atoms with Crippen molar-refractivity contribution < 1.29 is 9.90 Å². The number of fused-ring (bicyclic) bond motifs is 1. The molecule has 0 saturated heterocycles. The van der Waals surface area contributed by atoms with Crippen molar-refractivity contribution in [1.82, 2.24) is 15.2 Å². The molecule has 2 rings (SSSR count). The Kier molecular flexibility index (Phi) is 4.65. The summed E-state index contributed by atoms with van der Waals surface area (Å²) in [6.45, 7) is 1.41. The van der Waals surface area contributed by atoms with Gasteiger partial charge in [0.1, 0.15) is 6.04 Å². The molecule has 5 nitrogen and oxygen atoms in total. The molecule has 2 N–H and O–H groups in total. The van der Waals surface area contributed by atoms with Crippen LogP contribution in [0.2, 0.25) is 0 Å². The van der Waals surface area contributed by atoms with Gasteiger partial charge in [0.2, 0.25) is 0 Å². The van der Waals surface area contributed by atoms with E-state index in [0.29, 0.717) is 6.54 Å². The summed E-state index contributed by atoms with van der Waals surface area (Å²) >= 11 is 0. The first kappa shape index (κ1) is 14.4. The van der Waals surface area contributed by atoms with Crippen LogP contribution >= 0.6 is 0 Å². The van der Waals surface area contributed by atoms with Gasteiger partial charge >= 0.3 is 5.97 Å². The number of aromatic nitrogens is 1. The smallest absolute Gasteiger partial charge is 0.325 e. The Balaban J connectivity index is 2.20. The predicted octanol–water partition coefficient (Wildman–Crippen LogP) is 1.51. The second-order valence-corrected chi connectivity index (χ2v) is 4.98. The van der Waals surface area contributed by atoms with E-state index in [9.17, 15) is 9.90 Å². The number of nitrogens with zero attached hydrogens (tertiary/aromatic N) is 2. The number of rotatable bonds is 6. The van der Waals surface area contributed by atoms with E-state index in [1.807, 2.05) is 49.3 Å². The highest BCUT2D eigenvalue weighted by atomic mass is 16.4. The lowest BCUT2D eigenvalue weighted by Crippen LogP contribution is -2.33. The van der Waals surface area contributed by atoms with Gasteiger partial charge < -0.3 is 10.0 Å². The van der Waals surface area contributed by atoms with E-state index >= 15 is 0 Å². The van der Waals surface area contributed by atoms with Crippen molar-refractivity contribution in [3.63, 3.8) is 0 Å². The summed E-state index contributed by atoms with van der Waals surface area (Å²) < 4.78 is 0. The van der Waals surface area contributed by atoms with Gasteiger partial charge in [0, 0.05) is 24.7 Å². The normalized spacial score (nSPS) is 12.8. The van der Waals surface area contributed by atoms with Crippen LogP contribution in [0.25, 0.3) is 10.9 Å². The largest absolute Gasteiger partial charge is 0.480 e. The molecule has 0 fully saturated rings. The fourth-order valence-electron chi connectivity index (χ4n) is 2.05. The molecule has 0 aliphatic rings. The second-order valence-electron chi connectivity index (χ2n) is 4.98. The number of hydrogen-bond donors (Lipinski definition) is 2. The predicted molar refractivity (Wildman–Crippen MR) is 78.7 cm³/mol. The maximum absolute atomic E-state index is 11.4. The zero-order valence-corrected chi connectivity index (χ0v) is 11.7. The summed E-state index contributed by atoms with van der Waals surface area (Å²) in [5.74, 6) is -0.869. The maximum atomic E-state index is 11.4. The van der Waals surface area contributed by atoms with Crippen molar-refractivity contribution in [3.8, 4) is 0 Å². The Morgan fingerprint density at radius 2 is 2.20 bits per heavy atom. The van der Waals surface area contributed by atoms with Gasteiger partial charge in [0.25, 0.3) is 0 Å². The molecule has 1 atom stereocenters. The molecule has 1 aromatic carbocycles. The minimum absolute atomic E-state index is 0.620. The van der Waals surface area contributed by atoms with Crippen molar-refractivity contribution >= 4 is 16.9 Å². The number of hydrogen-bond acceptors (Lipinski definition) is 4. The topological polar surface area (TPSA) is 65.5 Å². The third-order valence-electron chi connectivity index (χ3n) is 3.11. The Hall–Kier alpha value is -1.98. The number of benzene rings is 1. The van der Waals surface area contributed by atoms with Crippen LogP contribution in [0.15, 0.2) is 36.5 Å². The minimum Gasteiger partial charge on any atom is -0.480 e.